The summed E-state index contributed by atoms with van der Waals surface area (Å²) in [7, 11) is -4.21. The standard InChI is InChI=1S/C24H30N4O4S/c1-2-5-15-10-11-28-20(21(29)12-15)14-22(26-28)33(31,32)27-24(30)25-23-18-8-3-6-16(18)13-17-7-4-9-19(17)23/h13-15H,2-12H2,1H3,(H2,25,27,30). The number of benzene rings is 1. The van der Waals surface area contributed by atoms with E-state index in [1.807, 2.05) is 0 Å². The highest BCUT2D eigenvalue weighted by molar-refractivity contribution is 7.90. The van der Waals surface area contributed by atoms with Crippen LogP contribution in [0.2, 0.25) is 0 Å². The van der Waals surface area contributed by atoms with Crippen LogP contribution < -0.4 is 10.0 Å². The second-order valence-corrected chi connectivity index (χ2v) is 11.1. The molecule has 1 aromatic heterocycles. The molecule has 1 aromatic carbocycles. The highest BCUT2D eigenvalue weighted by Crippen LogP contribution is 2.38. The van der Waals surface area contributed by atoms with Crippen molar-refractivity contribution in [3.8, 4) is 0 Å². The van der Waals surface area contributed by atoms with Gasteiger partial charge in [0, 0.05) is 24.7 Å². The summed E-state index contributed by atoms with van der Waals surface area (Å²) in [6.07, 6.45) is 9.00. The number of nitrogens with zero attached hydrogens (tertiary/aromatic N) is 2. The molecule has 5 rings (SSSR count). The van der Waals surface area contributed by atoms with E-state index in [0.29, 0.717) is 24.6 Å². The normalized spacial score (nSPS) is 19.5. The fourth-order valence-corrected chi connectivity index (χ4v) is 6.50. The van der Waals surface area contributed by atoms with Gasteiger partial charge in [-0.3, -0.25) is 9.48 Å². The van der Waals surface area contributed by atoms with Crippen LogP contribution >= 0.6 is 0 Å². The van der Waals surface area contributed by atoms with Gasteiger partial charge in [-0.05, 0) is 73.1 Å². The van der Waals surface area contributed by atoms with Crippen molar-refractivity contribution >= 4 is 27.5 Å². The Kier molecular flexibility index (Phi) is 5.76. The molecule has 0 saturated heterocycles. The zero-order valence-electron chi connectivity index (χ0n) is 18.9. The number of carbonyl (C=O) groups is 2. The lowest BCUT2D eigenvalue weighted by atomic mass is 9.94. The van der Waals surface area contributed by atoms with Crippen molar-refractivity contribution < 1.29 is 18.0 Å². The molecule has 1 atom stereocenters. The lowest BCUT2D eigenvalue weighted by Gasteiger charge is -2.16. The van der Waals surface area contributed by atoms with Crippen LogP contribution in [0.1, 0.15) is 78.2 Å². The monoisotopic (exact) mass is 470 g/mol. The number of sulfonamides is 1. The molecule has 8 nitrogen and oxygen atoms in total. The number of aryl methyl sites for hydroxylation is 3. The van der Waals surface area contributed by atoms with Crippen molar-refractivity contribution in [1.82, 2.24) is 14.5 Å². The molecule has 0 spiro atoms. The molecule has 2 amide bonds. The quantitative estimate of drug-likeness (QED) is 0.691. The number of urea groups is 1. The fourth-order valence-electron chi connectivity index (χ4n) is 5.63. The number of anilines is 1. The van der Waals surface area contributed by atoms with Crippen LogP contribution in [-0.4, -0.2) is 30.0 Å². The van der Waals surface area contributed by atoms with Gasteiger partial charge in [-0.15, -0.1) is 0 Å². The van der Waals surface area contributed by atoms with E-state index in [-0.39, 0.29) is 10.8 Å². The summed E-state index contributed by atoms with van der Waals surface area (Å²) < 4.78 is 29.4. The Morgan fingerprint density at radius 2 is 1.82 bits per heavy atom. The first-order valence-electron chi connectivity index (χ1n) is 12.0. The van der Waals surface area contributed by atoms with Gasteiger partial charge < -0.3 is 5.32 Å². The minimum atomic E-state index is -4.21. The van der Waals surface area contributed by atoms with Gasteiger partial charge in [-0.1, -0.05) is 25.8 Å². The second-order valence-electron chi connectivity index (χ2n) is 9.46. The Balaban J connectivity index is 1.34. The average Bonchev–Trinajstić information content (AvgIpc) is 3.49. The second kappa shape index (κ2) is 8.59. The Labute approximate surface area is 194 Å². The largest absolute Gasteiger partial charge is 0.333 e. The molecule has 176 valence electrons. The number of hydrogen-bond donors (Lipinski definition) is 2. The van der Waals surface area contributed by atoms with Gasteiger partial charge in [-0.2, -0.15) is 13.5 Å². The van der Waals surface area contributed by atoms with Crippen LogP contribution in [0.4, 0.5) is 10.5 Å². The number of carbonyl (C=O) groups excluding carboxylic acids is 2. The number of amides is 2. The summed E-state index contributed by atoms with van der Waals surface area (Å²) in [6, 6.07) is 2.76. The predicted molar refractivity (Wildman–Crippen MR) is 124 cm³/mol. The number of aromatic nitrogens is 2. The summed E-state index contributed by atoms with van der Waals surface area (Å²) in [5.74, 6) is 0.197. The van der Waals surface area contributed by atoms with Gasteiger partial charge in [-0.25, -0.2) is 9.52 Å². The predicted octanol–water partition coefficient (Wildman–Crippen LogP) is 3.76. The van der Waals surface area contributed by atoms with E-state index in [4.69, 9.17) is 0 Å². The third-order valence-corrected chi connectivity index (χ3v) is 8.38. The highest BCUT2D eigenvalue weighted by atomic mass is 32.2. The van der Waals surface area contributed by atoms with Crippen LogP contribution in [0.5, 0.6) is 0 Å². The van der Waals surface area contributed by atoms with Gasteiger partial charge in [0.1, 0.15) is 5.69 Å². The number of fused-ring (bicyclic) bond motifs is 3. The molecule has 0 fully saturated rings. The lowest BCUT2D eigenvalue weighted by molar-refractivity contribution is 0.0957. The van der Waals surface area contributed by atoms with Gasteiger partial charge in [0.05, 0.1) is 0 Å². The summed E-state index contributed by atoms with van der Waals surface area (Å²) in [6.45, 7) is 2.59. The number of Topliss-reactive ketones (excluding diaryl/α,β-unsaturated/α-hetero) is 1. The van der Waals surface area contributed by atoms with Gasteiger partial charge in [0.2, 0.25) is 0 Å². The summed E-state index contributed by atoms with van der Waals surface area (Å²) in [5.41, 5.74) is 5.85. The van der Waals surface area contributed by atoms with Crippen molar-refractivity contribution in [2.24, 2.45) is 5.92 Å². The molecule has 2 aliphatic carbocycles. The number of ketones is 1. The topological polar surface area (TPSA) is 110 Å². The van der Waals surface area contributed by atoms with Crippen molar-refractivity contribution in [2.45, 2.75) is 82.7 Å². The molecule has 2 aromatic rings. The third-order valence-electron chi connectivity index (χ3n) is 7.18. The number of rotatable bonds is 5. The van der Waals surface area contributed by atoms with Crippen LogP contribution in [-0.2, 0) is 42.3 Å². The molecule has 0 saturated carbocycles. The Morgan fingerprint density at radius 3 is 2.48 bits per heavy atom. The van der Waals surface area contributed by atoms with Gasteiger partial charge in [0.15, 0.2) is 10.8 Å². The molecule has 9 heteroatoms. The zero-order valence-corrected chi connectivity index (χ0v) is 19.8. The van der Waals surface area contributed by atoms with E-state index in [2.05, 4.69) is 28.1 Å². The van der Waals surface area contributed by atoms with Crippen LogP contribution in [0.3, 0.4) is 0 Å². The Morgan fingerprint density at radius 1 is 1.12 bits per heavy atom. The van der Waals surface area contributed by atoms with Crippen LogP contribution in [0.25, 0.3) is 0 Å². The van der Waals surface area contributed by atoms with E-state index in [0.717, 1.165) is 74.6 Å². The molecular formula is C24H30N4O4S. The molecular weight excluding hydrogens is 440 g/mol. The third kappa shape index (κ3) is 4.18. The number of hydrogen-bond acceptors (Lipinski definition) is 5. The first-order valence-corrected chi connectivity index (χ1v) is 13.5. The van der Waals surface area contributed by atoms with Crippen LogP contribution in [0.15, 0.2) is 17.2 Å². The van der Waals surface area contributed by atoms with E-state index >= 15 is 0 Å². The Bertz CT molecular complexity index is 1200. The molecule has 3 aliphatic rings. The first-order chi connectivity index (χ1) is 15.9. The van der Waals surface area contributed by atoms with Crippen molar-refractivity contribution in [3.63, 3.8) is 0 Å². The lowest BCUT2D eigenvalue weighted by Crippen LogP contribution is -2.35. The van der Waals surface area contributed by atoms with Gasteiger partial charge >= 0.3 is 6.03 Å². The van der Waals surface area contributed by atoms with E-state index in [1.54, 1.807) is 0 Å². The fraction of sp³-hybridized carbons (Fsp3) is 0.542. The maximum Gasteiger partial charge on any atom is 0.333 e. The summed E-state index contributed by atoms with van der Waals surface area (Å²) in [5, 5.41) is 6.71. The molecule has 1 unspecified atom stereocenters. The van der Waals surface area contributed by atoms with Crippen molar-refractivity contribution in [3.05, 3.63) is 40.1 Å². The van der Waals surface area contributed by atoms with Crippen LogP contribution in [0, 0.1) is 5.92 Å². The maximum absolute atomic E-state index is 12.9. The Hall–Kier alpha value is -2.68. The zero-order chi connectivity index (χ0) is 23.2. The minimum Gasteiger partial charge on any atom is -0.307 e. The highest BCUT2D eigenvalue weighted by Gasteiger charge is 2.30. The maximum atomic E-state index is 12.9. The molecule has 0 bridgehead atoms. The van der Waals surface area contributed by atoms with E-state index in [9.17, 15) is 18.0 Å². The number of nitrogens with one attached hydrogen (secondary N) is 2. The van der Waals surface area contributed by atoms with E-state index < -0.39 is 16.1 Å². The summed E-state index contributed by atoms with van der Waals surface area (Å²) >= 11 is 0. The molecule has 0 radical (unpaired) electrons. The van der Waals surface area contributed by atoms with Crippen molar-refractivity contribution in [2.75, 3.05) is 5.32 Å². The first kappa shape index (κ1) is 22.1. The van der Waals surface area contributed by atoms with E-state index in [1.165, 1.54) is 21.9 Å². The summed E-state index contributed by atoms with van der Waals surface area (Å²) in [4.78, 5) is 25.4. The average molecular weight is 471 g/mol. The van der Waals surface area contributed by atoms with Gasteiger partial charge in [0.25, 0.3) is 10.0 Å². The SMILES string of the molecule is CCCC1CCn2nc(S(=O)(=O)NC(=O)Nc3c4c(cc5c3CCC5)CCC4)cc2C(=O)C1. The molecule has 1 aliphatic heterocycles. The minimum absolute atomic E-state index is 0.0974. The molecule has 2 heterocycles. The van der Waals surface area contributed by atoms with Crippen molar-refractivity contribution in [1.29, 1.82) is 0 Å². The molecule has 33 heavy (non-hydrogen) atoms. The molecule has 2 N–H and O–H groups in total. The smallest absolute Gasteiger partial charge is 0.307 e.